The summed E-state index contributed by atoms with van der Waals surface area (Å²) in [7, 11) is 1.85. The Bertz CT molecular complexity index is 298. The van der Waals surface area contributed by atoms with E-state index in [4.69, 9.17) is 4.74 Å². The SMILES string of the molecule is COC(C)(C)CCC1(CNC2CC2)CC2CC2C1. The van der Waals surface area contributed by atoms with E-state index in [-0.39, 0.29) is 5.60 Å². The van der Waals surface area contributed by atoms with Crippen molar-refractivity contribution in [1.29, 1.82) is 0 Å². The van der Waals surface area contributed by atoms with Crippen LogP contribution in [0.5, 0.6) is 0 Å². The molecule has 3 fully saturated rings. The summed E-state index contributed by atoms with van der Waals surface area (Å²) >= 11 is 0. The predicted octanol–water partition coefficient (Wildman–Crippen LogP) is 3.36. The van der Waals surface area contributed by atoms with Crippen LogP contribution in [0.3, 0.4) is 0 Å². The van der Waals surface area contributed by atoms with Gasteiger partial charge < -0.3 is 10.1 Å². The monoisotopic (exact) mass is 251 g/mol. The standard InChI is InChI=1S/C16H29NO/c1-15(2,18-3)6-7-16(11-17-14-4-5-14)9-12-8-13(12)10-16/h12-14,17H,4-11H2,1-3H3. The first kappa shape index (κ1) is 12.9. The highest BCUT2D eigenvalue weighted by atomic mass is 16.5. The van der Waals surface area contributed by atoms with Crippen molar-refractivity contribution in [3.8, 4) is 0 Å². The van der Waals surface area contributed by atoms with Gasteiger partial charge in [-0.05, 0) is 76.0 Å². The Kier molecular flexibility index (Phi) is 3.22. The Morgan fingerprint density at radius 3 is 2.44 bits per heavy atom. The van der Waals surface area contributed by atoms with Gasteiger partial charge in [-0.15, -0.1) is 0 Å². The quantitative estimate of drug-likeness (QED) is 0.749. The van der Waals surface area contributed by atoms with Crippen LogP contribution in [0.15, 0.2) is 0 Å². The van der Waals surface area contributed by atoms with Gasteiger partial charge in [0.2, 0.25) is 0 Å². The minimum atomic E-state index is 0.0549. The van der Waals surface area contributed by atoms with E-state index < -0.39 is 0 Å². The van der Waals surface area contributed by atoms with Crippen molar-refractivity contribution in [2.24, 2.45) is 17.3 Å². The van der Waals surface area contributed by atoms with Gasteiger partial charge in [0.05, 0.1) is 5.60 Å². The molecule has 2 atom stereocenters. The van der Waals surface area contributed by atoms with Gasteiger partial charge in [-0.1, -0.05) is 0 Å². The zero-order valence-corrected chi connectivity index (χ0v) is 12.3. The predicted molar refractivity (Wildman–Crippen MR) is 74.6 cm³/mol. The van der Waals surface area contributed by atoms with Crippen LogP contribution in [0.25, 0.3) is 0 Å². The van der Waals surface area contributed by atoms with E-state index in [0.29, 0.717) is 5.41 Å². The highest BCUT2D eigenvalue weighted by Crippen LogP contribution is 2.61. The van der Waals surface area contributed by atoms with Crippen LogP contribution in [0.4, 0.5) is 0 Å². The van der Waals surface area contributed by atoms with E-state index in [9.17, 15) is 0 Å². The first-order valence-electron chi connectivity index (χ1n) is 7.81. The molecule has 2 nitrogen and oxygen atoms in total. The van der Waals surface area contributed by atoms with Gasteiger partial charge in [0.1, 0.15) is 0 Å². The molecule has 104 valence electrons. The van der Waals surface area contributed by atoms with Crippen LogP contribution in [0, 0.1) is 17.3 Å². The summed E-state index contributed by atoms with van der Waals surface area (Å²) in [5.74, 6) is 2.16. The van der Waals surface area contributed by atoms with Crippen LogP contribution in [0.1, 0.15) is 58.8 Å². The summed E-state index contributed by atoms with van der Waals surface area (Å²) < 4.78 is 5.60. The Balaban J connectivity index is 1.55. The van der Waals surface area contributed by atoms with Crippen LogP contribution in [0.2, 0.25) is 0 Å². The van der Waals surface area contributed by atoms with Gasteiger partial charge in [-0.2, -0.15) is 0 Å². The number of methoxy groups -OCH3 is 1. The molecule has 0 bridgehead atoms. The highest BCUT2D eigenvalue weighted by molar-refractivity contribution is 5.05. The van der Waals surface area contributed by atoms with E-state index >= 15 is 0 Å². The summed E-state index contributed by atoms with van der Waals surface area (Å²) in [4.78, 5) is 0. The van der Waals surface area contributed by atoms with E-state index in [0.717, 1.165) is 17.9 Å². The molecule has 2 heteroatoms. The van der Waals surface area contributed by atoms with Gasteiger partial charge in [-0.25, -0.2) is 0 Å². The molecule has 0 heterocycles. The molecule has 0 amide bonds. The smallest absolute Gasteiger partial charge is 0.0623 e. The van der Waals surface area contributed by atoms with Crippen LogP contribution >= 0.6 is 0 Å². The molecule has 0 aromatic heterocycles. The molecule has 0 saturated heterocycles. The topological polar surface area (TPSA) is 21.3 Å². The third-order valence-electron chi connectivity index (χ3n) is 5.61. The van der Waals surface area contributed by atoms with Gasteiger partial charge in [0, 0.05) is 19.7 Å². The summed E-state index contributed by atoms with van der Waals surface area (Å²) in [5, 5.41) is 3.79. The number of ether oxygens (including phenoxy) is 1. The normalized spacial score (nSPS) is 38.8. The lowest BCUT2D eigenvalue weighted by Gasteiger charge is -2.35. The van der Waals surface area contributed by atoms with E-state index in [1.165, 1.54) is 51.5 Å². The van der Waals surface area contributed by atoms with Crippen molar-refractivity contribution in [3.05, 3.63) is 0 Å². The van der Waals surface area contributed by atoms with Crippen molar-refractivity contribution in [2.75, 3.05) is 13.7 Å². The zero-order valence-electron chi connectivity index (χ0n) is 12.3. The number of fused-ring (bicyclic) bond motifs is 1. The lowest BCUT2D eigenvalue weighted by Crippen LogP contribution is -2.36. The third-order valence-corrected chi connectivity index (χ3v) is 5.61. The molecular weight excluding hydrogens is 222 g/mol. The Morgan fingerprint density at radius 2 is 1.89 bits per heavy atom. The molecule has 3 aliphatic carbocycles. The highest BCUT2D eigenvalue weighted by Gasteiger charge is 2.53. The number of hydrogen-bond acceptors (Lipinski definition) is 2. The molecule has 3 rings (SSSR count). The van der Waals surface area contributed by atoms with E-state index in [2.05, 4.69) is 19.2 Å². The van der Waals surface area contributed by atoms with Gasteiger partial charge >= 0.3 is 0 Å². The molecule has 0 aromatic rings. The molecule has 0 radical (unpaired) electrons. The minimum absolute atomic E-state index is 0.0549. The maximum atomic E-state index is 5.60. The Labute approximate surface area is 112 Å². The lowest BCUT2D eigenvalue weighted by molar-refractivity contribution is 0.00255. The average Bonchev–Trinajstić information content (AvgIpc) is 3.26. The second-order valence-corrected chi connectivity index (χ2v) is 7.78. The second-order valence-electron chi connectivity index (χ2n) is 7.78. The van der Waals surface area contributed by atoms with Gasteiger partial charge in [-0.3, -0.25) is 0 Å². The van der Waals surface area contributed by atoms with Crippen molar-refractivity contribution in [1.82, 2.24) is 5.32 Å². The van der Waals surface area contributed by atoms with Crippen molar-refractivity contribution in [2.45, 2.75) is 70.4 Å². The molecule has 1 N–H and O–H groups in total. The molecule has 3 saturated carbocycles. The molecule has 18 heavy (non-hydrogen) atoms. The van der Waals surface area contributed by atoms with Crippen molar-refractivity contribution >= 4 is 0 Å². The molecule has 2 unspecified atom stereocenters. The fraction of sp³-hybridized carbons (Fsp3) is 1.00. The summed E-state index contributed by atoms with van der Waals surface area (Å²) in [6.45, 7) is 5.72. The van der Waals surface area contributed by atoms with Crippen LogP contribution < -0.4 is 5.32 Å². The minimum Gasteiger partial charge on any atom is -0.379 e. The van der Waals surface area contributed by atoms with Crippen molar-refractivity contribution in [3.63, 3.8) is 0 Å². The summed E-state index contributed by atoms with van der Waals surface area (Å²) in [6.07, 6.45) is 9.86. The number of rotatable bonds is 7. The van der Waals surface area contributed by atoms with Crippen molar-refractivity contribution < 1.29 is 4.74 Å². The summed E-state index contributed by atoms with van der Waals surface area (Å²) in [6, 6.07) is 0.856. The fourth-order valence-electron chi connectivity index (χ4n) is 3.76. The molecule has 0 spiro atoms. The maximum absolute atomic E-state index is 5.60. The number of hydrogen-bond donors (Lipinski definition) is 1. The lowest BCUT2D eigenvalue weighted by atomic mass is 9.76. The van der Waals surface area contributed by atoms with Crippen LogP contribution in [-0.2, 0) is 4.74 Å². The molecule has 3 aliphatic rings. The van der Waals surface area contributed by atoms with E-state index in [1.54, 1.807) is 0 Å². The molecule has 0 aromatic carbocycles. The summed E-state index contributed by atoms with van der Waals surface area (Å²) in [5.41, 5.74) is 0.658. The van der Waals surface area contributed by atoms with Gasteiger partial charge in [0.25, 0.3) is 0 Å². The fourth-order valence-corrected chi connectivity index (χ4v) is 3.76. The first-order valence-corrected chi connectivity index (χ1v) is 7.81. The van der Waals surface area contributed by atoms with Gasteiger partial charge in [0.15, 0.2) is 0 Å². The number of nitrogens with one attached hydrogen (secondary N) is 1. The third kappa shape index (κ3) is 2.91. The Morgan fingerprint density at radius 1 is 1.22 bits per heavy atom. The zero-order chi connectivity index (χ0) is 12.8. The van der Waals surface area contributed by atoms with E-state index in [1.807, 2.05) is 7.11 Å². The second kappa shape index (κ2) is 4.49. The first-order chi connectivity index (χ1) is 8.52. The molecular formula is C16H29NO. The Hall–Kier alpha value is -0.0800. The average molecular weight is 251 g/mol. The molecule has 0 aliphatic heterocycles. The maximum Gasteiger partial charge on any atom is 0.0623 e. The largest absolute Gasteiger partial charge is 0.379 e. The van der Waals surface area contributed by atoms with Crippen LogP contribution in [-0.4, -0.2) is 25.3 Å².